The smallest absolute Gasteiger partial charge is 0.224 e. The second-order valence-corrected chi connectivity index (χ2v) is 4.94. The summed E-state index contributed by atoms with van der Waals surface area (Å²) in [5.41, 5.74) is 0. The topological polar surface area (TPSA) is 35.6 Å². The summed E-state index contributed by atoms with van der Waals surface area (Å²) in [5, 5.41) is 3.31. The molecule has 0 saturated carbocycles. The lowest BCUT2D eigenvalue weighted by Crippen LogP contribution is -2.52. The van der Waals surface area contributed by atoms with Crippen LogP contribution in [0.15, 0.2) is 0 Å². The van der Waals surface area contributed by atoms with E-state index in [1.54, 1.807) is 0 Å². The van der Waals surface area contributed by atoms with E-state index in [4.69, 9.17) is 0 Å². The number of hydrogen-bond donors (Lipinski definition) is 1. The van der Waals surface area contributed by atoms with Crippen molar-refractivity contribution in [2.24, 2.45) is 0 Å². The van der Waals surface area contributed by atoms with E-state index in [2.05, 4.69) is 17.1 Å². The molecule has 4 nitrogen and oxygen atoms in total. The summed E-state index contributed by atoms with van der Waals surface area (Å²) in [5.74, 6) is 0.334. The van der Waals surface area contributed by atoms with E-state index >= 15 is 0 Å². The maximum absolute atomic E-state index is 12.0. The van der Waals surface area contributed by atoms with Gasteiger partial charge in [0.2, 0.25) is 5.91 Å². The number of piperazine rings is 1. The molecule has 2 aliphatic heterocycles. The molecule has 2 rings (SSSR count). The molecule has 0 radical (unpaired) electrons. The van der Waals surface area contributed by atoms with Gasteiger partial charge < -0.3 is 15.1 Å². The van der Waals surface area contributed by atoms with Gasteiger partial charge >= 0.3 is 0 Å². The molecular weight excluding hydrogens is 202 g/mol. The van der Waals surface area contributed by atoms with Crippen molar-refractivity contribution in [2.75, 3.05) is 39.3 Å². The summed E-state index contributed by atoms with van der Waals surface area (Å²) in [6, 6.07) is 0.361. The van der Waals surface area contributed by atoms with E-state index in [0.717, 1.165) is 26.2 Å². The summed E-state index contributed by atoms with van der Waals surface area (Å²) in [6.45, 7) is 8.21. The van der Waals surface area contributed by atoms with Gasteiger partial charge in [-0.25, -0.2) is 0 Å². The number of carbonyl (C=O) groups excluding carboxylic acids is 1. The molecule has 0 aliphatic carbocycles. The highest BCUT2D eigenvalue weighted by molar-refractivity contribution is 5.76. The Kier molecular flexibility index (Phi) is 4.18. The molecule has 1 atom stereocenters. The van der Waals surface area contributed by atoms with Crippen LogP contribution in [0.5, 0.6) is 0 Å². The third kappa shape index (κ3) is 2.95. The van der Waals surface area contributed by atoms with Crippen LogP contribution in [0.1, 0.15) is 26.2 Å². The minimum Gasteiger partial charge on any atom is -0.337 e. The minimum absolute atomic E-state index is 0.334. The number of carbonyl (C=O) groups is 1. The molecule has 16 heavy (non-hydrogen) atoms. The van der Waals surface area contributed by atoms with Gasteiger partial charge in [-0.2, -0.15) is 0 Å². The van der Waals surface area contributed by atoms with Crippen molar-refractivity contribution in [3.8, 4) is 0 Å². The van der Waals surface area contributed by atoms with Gasteiger partial charge in [0.1, 0.15) is 0 Å². The van der Waals surface area contributed by atoms with Crippen LogP contribution in [-0.4, -0.2) is 61.0 Å². The average molecular weight is 225 g/mol. The Morgan fingerprint density at radius 1 is 1.31 bits per heavy atom. The number of amides is 1. The first-order chi connectivity index (χ1) is 7.77. The summed E-state index contributed by atoms with van der Waals surface area (Å²) >= 11 is 0. The van der Waals surface area contributed by atoms with Gasteiger partial charge in [0.15, 0.2) is 0 Å². The normalized spacial score (nSPS) is 27.3. The van der Waals surface area contributed by atoms with Crippen LogP contribution in [0.2, 0.25) is 0 Å². The van der Waals surface area contributed by atoms with Crippen molar-refractivity contribution in [2.45, 2.75) is 32.2 Å². The molecule has 4 heteroatoms. The molecule has 2 fully saturated rings. The van der Waals surface area contributed by atoms with Crippen LogP contribution in [0, 0.1) is 0 Å². The maximum atomic E-state index is 12.0. The Labute approximate surface area is 98.0 Å². The number of nitrogens with zero attached hydrogens (tertiary/aromatic N) is 2. The van der Waals surface area contributed by atoms with Crippen molar-refractivity contribution in [1.29, 1.82) is 0 Å². The Morgan fingerprint density at radius 3 is 2.75 bits per heavy atom. The Morgan fingerprint density at radius 2 is 2.06 bits per heavy atom. The van der Waals surface area contributed by atoms with Gasteiger partial charge in [-0.3, -0.25) is 4.79 Å². The van der Waals surface area contributed by atoms with Crippen LogP contribution in [-0.2, 0) is 4.79 Å². The molecule has 0 spiro atoms. The summed E-state index contributed by atoms with van der Waals surface area (Å²) in [4.78, 5) is 16.5. The zero-order chi connectivity index (χ0) is 11.4. The fourth-order valence-corrected chi connectivity index (χ4v) is 2.62. The first-order valence-corrected chi connectivity index (χ1v) is 6.50. The highest BCUT2D eigenvalue weighted by atomic mass is 16.2. The first-order valence-electron chi connectivity index (χ1n) is 6.50. The average Bonchev–Trinajstić information content (AvgIpc) is 2.79. The van der Waals surface area contributed by atoms with Crippen LogP contribution in [0.3, 0.4) is 0 Å². The van der Waals surface area contributed by atoms with E-state index in [0.29, 0.717) is 18.4 Å². The van der Waals surface area contributed by atoms with E-state index in [1.165, 1.54) is 25.9 Å². The van der Waals surface area contributed by atoms with Crippen LogP contribution in [0.4, 0.5) is 0 Å². The van der Waals surface area contributed by atoms with Crippen molar-refractivity contribution < 1.29 is 4.79 Å². The summed E-state index contributed by atoms with van der Waals surface area (Å²) in [7, 11) is 0. The molecule has 2 saturated heterocycles. The molecule has 0 aromatic heterocycles. The van der Waals surface area contributed by atoms with Gasteiger partial charge in [-0.05, 0) is 32.9 Å². The zero-order valence-corrected chi connectivity index (χ0v) is 10.2. The predicted molar refractivity (Wildman–Crippen MR) is 64.3 cm³/mol. The SMILES string of the molecule is CC1CNCCN1C(=O)CCN1CCCC1. The highest BCUT2D eigenvalue weighted by Crippen LogP contribution is 2.10. The lowest BCUT2D eigenvalue weighted by atomic mass is 10.2. The lowest BCUT2D eigenvalue weighted by molar-refractivity contribution is -0.134. The second kappa shape index (κ2) is 5.64. The van der Waals surface area contributed by atoms with Gasteiger partial charge in [-0.1, -0.05) is 0 Å². The molecule has 0 bridgehead atoms. The van der Waals surface area contributed by atoms with Crippen molar-refractivity contribution in [3.63, 3.8) is 0 Å². The van der Waals surface area contributed by atoms with Gasteiger partial charge in [0.05, 0.1) is 0 Å². The van der Waals surface area contributed by atoms with Crippen LogP contribution in [0.25, 0.3) is 0 Å². The fourth-order valence-electron chi connectivity index (χ4n) is 2.62. The predicted octanol–water partition coefficient (Wildman–Crippen LogP) is 0.293. The lowest BCUT2D eigenvalue weighted by Gasteiger charge is -2.34. The van der Waals surface area contributed by atoms with Gasteiger partial charge in [-0.15, -0.1) is 0 Å². The minimum atomic E-state index is 0.334. The van der Waals surface area contributed by atoms with Gasteiger partial charge in [0.25, 0.3) is 0 Å². The number of hydrogen-bond acceptors (Lipinski definition) is 3. The number of nitrogens with one attached hydrogen (secondary N) is 1. The van der Waals surface area contributed by atoms with Crippen molar-refractivity contribution >= 4 is 5.91 Å². The zero-order valence-electron chi connectivity index (χ0n) is 10.2. The van der Waals surface area contributed by atoms with Crippen LogP contribution < -0.4 is 5.32 Å². The second-order valence-electron chi connectivity index (χ2n) is 4.94. The van der Waals surface area contributed by atoms with E-state index in [-0.39, 0.29) is 0 Å². The third-order valence-corrected chi connectivity index (χ3v) is 3.66. The van der Waals surface area contributed by atoms with Gasteiger partial charge in [0, 0.05) is 38.6 Å². The first kappa shape index (κ1) is 11.9. The molecule has 92 valence electrons. The molecule has 2 heterocycles. The third-order valence-electron chi connectivity index (χ3n) is 3.66. The standard InChI is InChI=1S/C12H23N3O/c1-11-10-13-5-9-15(11)12(16)4-8-14-6-2-3-7-14/h11,13H,2-10H2,1H3. The quantitative estimate of drug-likeness (QED) is 0.750. The summed E-state index contributed by atoms with van der Waals surface area (Å²) in [6.07, 6.45) is 3.31. The molecule has 2 aliphatic rings. The number of rotatable bonds is 3. The Hall–Kier alpha value is -0.610. The molecule has 0 aromatic carbocycles. The Bertz CT molecular complexity index is 238. The highest BCUT2D eigenvalue weighted by Gasteiger charge is 2.23. The number of likely N-dealkylation sites (tertiary alicyclic amines) is 1. The Balaban J connectivity index is 1.73. The largest absolute Gasteiger partial charge is 0.337 e. The molecule has 0 aromatic rings. The molecule has 1 N–H and O–H groups in total. The van der Waals surface area contributed by atoms with E-state index < -0.39 is 0 Å². The van der Waals surface area contributed by atoms with E-state index in [1.807, 2.05) is 4.90 Å². The maximum Gasteiger partial charge on any atom is 0.224 e. The monoisotopic (exact) mass is 225 g/mol. The summed E-state index contributed by atoms with van der Waals surface area (Å²) < 4.78 is 0. The molecular formula is C12H23N3O. The van der Waals surface area contributed by atoms with E-state index in [9.17, 15) is 4.79 Å². The molecule has 1 unspecified atom stereocenters. The van der Waals surface area contributed by atoms with Crippen molar-refractivity contribution in [1.82, 2.24) is 15.1 Å². The fraction of sp³-hybridized carbons (Fsp3) is 0.917. The van der Waals surface area contributed by atoms with Crippen LogP contribution >= 0.6 is 0 Å². The molecule has 1 amide bonds. The van der Waals surface area contributed by atoms with Crippen molar-refractivity contribution in [3.05, 3.63) is 0 Å².